The third-order valence-corrected chi connectivity index (χ3v) is 5.31. The third-order valence-electron chi connectivity index (χ3n) is 3.93. The molecule has 0 aliphatic carbocycles. The zero-order valence-corrected chi connectivity index (χ0v) is 13.0. The molecular weight excluding hydrogens is 276 g/mol. The van der Waals surface area contributed by atoms with Crippen LogP contribution in [-0.2, 0) is 14.8 Å². The first-order chi connectivity index (χ1) is 9.23. The van der Waals surface area contributed by atoms with E-state index < -0.39 is 15.6 Å². The Morgan fingerprint density at radius 3 is 2.65 bits per heavy atom. The minimum atomic E-state index is -3.56. The summed E-state index contributed by atoms with van der Waals surface area (Å²) in [6, 6.07) is 3.15. The van der Waals surface area contributed by atoms with Crippen LogP contribution >= 0.6 is 0 Å². The number of benzene rings is 1. The van der Waals surface area contributed by atoms with Crippen LogP contribution in [0.4, 0.5) is 5.69 Å². The maximum atomic E-state index is 12.3. The van der Waals surface area contributed by atoms with Crippen molar-refractivity contribution in [3.8, 4) is 0 Å². The lowest BCUT2D eigenvalue weighted by Gasteiger charge is -2.23. The van der Waals surface area contributed by atoms with Crippen molar-refractivity contribution in [1.82, 2.24) is 4.72 Å². The highest BCUT2D eigenvalue weighted by Gasteiger charge is 2.31. The standard InChI is InChI=1S/C14H22N2O3S/c1-10-7-12(8-13(15)11(10)2)20(17,18)16-9-14(3)5-4-6-19-14/h7-8,16H,4-6,9,15H2,1-3H3. The quantitative estimate of drug-likeness (QED) is 0.830. The lowest BCUT2D eigenvalue weighted by molar-refractivity contribution is 0.0250. The van der Waals surface area contributed by atoms with Crippen molar-refractivity contribution in [3.63, 3.8) is 0 Å². The molecule has 1 aliphatic rings. The molecule has 20 heavy (non-hydrogen) atoms. The number of ether oxygens (including phenoxy) is 1. The number of aryl methyl sites for hydroxylation is 1. The van der Waals surface area contributed by atoms with Crippen LogP contribution in [0.5, 0.6) is 0 Å². The molecule has 2 rings (SSSR count). The molecule has 0 aromatic heterocycles. The third kappa shape index (κ3) is 3.13. The number of nitrogens with two attached hydrogens (primary N) is 1. The highest BCUT2D eigenvalue weighted by Crippen LogP contribution is 2.25. The summed E-state index contributed by atoms with van der Waals surface area (Å²) >= 11 is 0. The summed E-state index contributed by atoms with van der Waals surface area (Å²) in [6.07, 6.45) is 1.83. The predicted octanol–water partition coefficient (Wildman–Crippen LogP) is 1.73. The van der Waals surface area contributed by atoms with Gasteiger partial charge in [0.15, 0.2) is 0 Å². The molecule has 1 aromatic rings. The first kappa shape index (κ1) is 15.3. The summed E-state index contributed by atoms with van der Waals surface area (Å²) in [4.78, 5) is 0.208. The van der Waals surface area contributed by atoms with Crippen molar-refractivity contribution in [2.45, 2.75) is 44.1 Å². The fraction of sp³-hybridized carbons (Fsp3) is 0.571. The van der Waals surface area contributed by atoms with E-state index in [9.17, 15) is 8.42 Å². The number of anilines is 1. The van der Waals surface area contributed by atoms with Crippen LogP contribution in [-0.4, -0.2) is 27.2 Å². The SMILES string of the molecule is Cc1cc(S(=O)(=O)NCC2(C)CCCO2)cc(N)c1C. The van der Waals surface area contributed by atoms with E-state index in [1.807, 2.05) is 20.8 Å². The topological polar surface area (TPSA) is 81.4 Å². The Hall–Kier alpha value is -1.11. The highest BCUT2D eigenvalue weighted by atomic mass is 32.2. The van der Waals surface area contributed by atoms with Crippen molar-refractivity contribution in [2.75, 3.05) is 18.9 Å². The van der Waals surface area contributed by atoms with Crippen LogP contribution in [0.25, 0.3) is 0 Å². The number of nitrogens with one attached hydrogen (secondary N) is 1. The molecule has 0 radical (unpaired) electrons. The Morgan fingerprint density at radius 1 is 1.40 bits per heavy atom. The van der Waals surface area contributed by atoms with Crippen LogP contribution in [0.2, 0.25) is 0 Å². The molecule has 5 nitrogen and oxygen atoms in total. The normalized spacial score (nSPS) is 23.1. The predicted molar refractivity (Wildman–Crippen MR) is 79.1 cm³/mol. The lowest BCUT2D eigenvalue weighted by Crippen LogP contribution is -2.40. The Morgan fingerprint density at radius 2 is 2.10 bits per heavy atom. The second kappa shape index (κ2) is 5.35. The summed E-state index contributed by atoms with van der Waals surface area (Å²) in [5.74, 6) is 0. The van der Waals surface area contributed by atoms with Crippen LogP contribution in [0.15, 0.2) is 17.0 Å². The van der Waals surface area contributed by atoms with Crippen LogP contribution in [0.3, 0.4) is 0 Å². The molecule has 1 saturated heterocycles. The van der Waals surface area contributed by atoms with Gasteiger partial charge in [0.25, 0.3) is 0 Å². The van der Waals surface area contributed by atoms with Crippen molar-refractivity contribution in [2.24, 2.45) is 0 Å². The van der Waals surface area contributed by atoms with E-state index in [2.05, 4.69) is 4.72 Å². The molecule has 1 atom stereocenters. The molecule has 0 spiro atoms. The van der Waals surface area contributed by atoms with Gasteiger partial charge in [0, 0.05) is 18.8 Å². The summed E-state index contributed by atoms with van der Waals surface area (Å²) in [6.45, 7) is 6.63. The van der Waals surface area contributed by atoms with Crippen LogP contribution in [0.1, 0.15) is 30.9 Å². The van der Waals surface area contributed by atoms with E-state index in [0.29, 0.717) is 12.3 Å². The second-order valence-electron chi connectivity index (χ2n) is 5.68. The minimum absolute atomic E-state index is 0.208. The average molecular weight is 298 g/mol. The molecule has 0 saturated carbocycles. The number of sulfonamides is 1. The maximum absolute atomic E-state index is 12.3. The summed E-state index contributed by atoms with van der Waals surface area (Å²) in [5.41, 5.74) is 7.72. The van der Waals surface area contributed by atoms with Crippen molar-refractivity contribution >= 4 is 15.7 Å². The lowest BCUT2D eigenvalue weighted by atomic mass is 10.0. The van der Waals surface area contributed by atoms with Gasteiger partial charge in [-0.15, -0.1) is 0 Å². The molecule has 3 N–H and O–H groups in total. The van der Waals surface area contributed by atoms with E-state index in [-0.39, 0.29) is 11.4 Å². The van der Waals surface area contributed by atoms with E-state index in [0.717, 1.165) is 24.0 Å². The fourth-order valence-electron chi connectivity index (χ4n) is 2.31. The summed E-state index contributed by atoms with van der Waals surface area (Å²) in [5, 5.41) is 0. The molecule has 1 aliphatic heterocycles. The Labute approximate surface area is 120 Å². The van der Waals surface area contributed by atoms with Gasteiger partial charge in [-0.25, -0.2) is 13.1 Å². The van der Waals surface area contributed by atoms with Gasteiger partial charge in [-0.05, 0) is 56.9 Å². The Kier molecular flexibility index (Phi) is 4.09. The molecule has 0 bridgehead atoms. The molecule has 6 heteroatoms. The van der Waals surface area contributed by atoms with Gasteiger partial charge >= 0.3 is 0 Å². The van der Waals surface area contributed by atoms with E-state index in [1.165, 1.54) is 6.07 Å². The first-order valence-electron chi connectivity index (χ1n) is 6.74. The van der Waals surface area contributed by atoms with Gasteiger partial charge in [-0.1, -0.05) is 0 Å². The van der Waals surface area contributed by atoms with Crippen LogP contribution < -0.4 is 10.5 Å². The molecule has 1 unspecified atom stereocenters. The molecule has 0 amide bonds. The van der Waals surface area contributed by atoms with Gasteiger partial charge in [0.2, 0.25) is 10.0 Å². The zero-order chi connectivity index (χ0) is 15.0. The Bertz CT molecular complexity index is 582. The van der Waals surface area contributed by atoms with Gasteiger partial charge < -0.3 is 10.5 Å². The molecule has 1 heterocycles. The second-order valence-corrected chi connectivity index (χ2v) is 7.45. The van der Waals surface area contributed by atoms with Crippen molar-refractivity contribution in [1.29, 1.82) is 0 Å². The fourth-order valence-corrected chi connectivity index (χ4v) is 3.59. The first-order valence-corrected chi connectivity index (χ1v) is 8.22. The van der Waals surface area contributed by atoms with Crippen LogP contribution in [0, 0.1) is 13.8 Å². The van der Waals surface area contributed by atoms with Gasteiger partial charge in [0.05, 0.1) is 10.5 Å². The van der Waals surface area contributed by atoms with Crippen molar-refractivity contribution in [3.05, 3.63) is 23.3 Å². The molecular formula is C14H22N2O3S. The van der Waals surface area contributed by atoms with Gasteiger partial charge in [0.1, 0.15) is 0 Å². The molecule has 1 fully saturated rings. The molecule has 112 valence electrons. The van der Waals surface area contributed by atoms with E-state index in [4.69, 9.17) is 10.5 Å². The summed E-state index contributed by atoms with van der Waals surface area (Å²) < 4.78 is 32.9. The maximum Gasteiger partial charge on any atom is 0.240 e. The average Bonchev–Trinajstić information content (AvgIpc) is 2.81. The number of rotatable bonds is 4. The zero-order valence-electron chi connectivity index (χ0n) is 12.2. The highest BCUT2D eigenvalue weighted by molar-refractivity contribution is 7.89. The van der Waals surface area contributed by atoms with Crippen molar-refractivity contribution < 1.29 is 13.2 Å². The smallest absolute Gasteiger partial charge is 0.240 e. The Balaban J connectivity index is 2.18. The largest absolute Gasteiger partial charge is 0.398 e. The van der Waals surface area contributed by atoms with Gasteiger partial charge in [-0.3, -0.25) is 0 Å². The van der Waals surface area contributed by atoms with Gasteiger partial charge in [-0.2, -0.15) is 0 Å². The molecule has 1 aromatic carbocycles. The van der Waals surface area contributed by atoms with E-state index >= 15 is 0 Å². The number of hydrogen-bond donors (Lipinski definition) is 2. The minimum Gasteiger partial charge on any atom is -0.398 e. The van der Waals surface area contributed by atoms with E-state index in [1.54, 1.807) is 6.07 Å². The number of nitrogen functional groups attached to an aromatic ring is 1. The summed E-state index contributed by atoms with van der Waals surface area (Å²) in [7, 11) is -3.56. The monoisotopic (exact) mass is 298 g/mol. The number of hydrogen-bond acceptors (Lipinski definition) is 4.